The van der Waals surface area contributed by atoms with Crippen LogP contribution in [0.25, 0.3) is 0 Å². The Bertz CT molecular complexity index is 1830. The van der Waals surface area contributed by atoms with Gasteiger partial charge in [0.2, 0.25) is 0 Å². The van der Waals surface area contributed by atoms with E-state index in [1.165, 1.54) is 53.9 Å². The van der Waals surface area contributed by atoms with Crippen LogP contribution < -0.4 is 0 Å². The summed E-state index contributed by atoms with van der Waals surface area (Å²) in [5, 5.41) is 0. The Morgan fingerprint density at radius 3 is 0.982 bits per heavy atom. The van der Waals surface area contributed by atoms with Crippen molar-refractivity contribution in [1.82, 2.24) is 4.98 Å². The summed E-state index contributed by atoms with van der Waals surface area (Å²) >= 11 is 0. The van der Waals surface area contributed by atoms with Crippen LogP contribution in [0, 0.1) is 69.5 Å². The van der Waals surface area contributed by atoms with E-state index in [0.717, 1.165) is 22.3 Å². The number of pyridine rings is 1. The van der Waals surface area contributed by atoms with Crippen LogP contribution in [0.5, 0.6) is 0 Å². The number of rotatable bonds is 5. The van der Waals surface area contributed by atoms with E-state index in [0.29, 0.717) is 29.0 Å². The minimum atomic E-state index is -0.475. The van der Waals surface area contributed by atoms with Crippen LogP contribution >= 0.6 is 0 Å². The van der Waals surface area contributed by atoms with Crippen molar-refractivity contribution in [3.05, 3.63) is 170 Å². The van der Waals surface area contributed by atoms with Crippen LogP contribution in [0.2, 0.25) is 0 Å². The normalized spacial score (nSPS) is 10.5. The van der Waals surface area contributed by atoms with E-state index in [-0.39, 0.29) is 48.1 Å². The lowest BCUT2D eigenvalue weighted by atomic mass is 10.00. The van der Waals surface area contributed by atoms with E-state index in [9.17, 15) is 26.3 Å². The van der Waals surface area contributed by atoms with Crippen molar-refractivity contribution in [2.45, 2.75) is 141 Å². The third-order valence-corrected chi connectivity index (χ3v) is 9.23. The van der Waals surface area contributed by atoms with Gasteiger partial charge in [-0.3, -0.25) is 4.98 Å². The van der Waals surface area contributed by atoms with Gasteiger partial charge in [-0.25, -0.2) is 26.3 Å². The third kappa shape index (κ3) is 17.3. The van der Waals surface area contributed by atoms with Crippen LogP contribution in [0.1, 0.15) is 162 Å². The number of aromatic nitrogens is 1. The molecule has 0 saturated heterocycles. The highest BCUT2D eigenvalue weighted by Crippen LogP contribution is 2.23. The highest BCUT2D eigenvalue weighted by Gasteiger charge is 2.12. The molecule has 0 unspecified atom stereocenters. The van der Waals surface area contributed by atoms with Gasteiger partial charge in [-0.2, -0.15) is 0 Å². The van der Waals surface area contributed by atoms with Crippen molar-refractivity contribution in [1.29, 1.82) is 0 Å². The number of hydrogen-bond donors (Lipinski definition) is 0. The predicted molar refractivity (Wildman–Crippen MR) is 231 cm³/mol. The van der Waals surface area contributed by atoms with Crippen LogP contribution in [0.4, 0.5) is 26.3 Å². The summed E-state index contributed by atoms with van der Waals surface area (Å²) in [6.45, 7) is 28.8. The zero-order valence-electron chi connectivity index (χ0n) is 36.1. The van der Waals surface area contributed by atoms with Gasteiger partial charge in [0, 0.05) is 11.8 Å². The summed E-state index contributed by atoms with van der Waals surface area (Å²) in [5.74, 6) is 0.376. The second-order valence-electron chi connectivity index (χ2n) is 15.7. The number of halogens is 6. The Hall–Kier alpha value is -4.39. The van der Waals surface area contributed by atoms with Crippen LogP contribution in [-0.2, 0) is 0 Å². The van der Waals surface area contributed by atoms with Crippen molar-refractivity contribution in [3.63, 3.8) is 0 Å². The average molecular weight is 796 g/mol. The average Bonchev–Trinajstić information content (AvgIpc) is 3.12. The zero-order valence-corrected chi connectivity index (χ0v) is 36.1. The van der Waals surface area contributed by atoms with Crippen molar-refractivity contribution >= 4 is 0 Å². The largest absolute Gasteiger partial charge is 0.259 e. The first-order valence-electron chi connectivity index (χ1n) is 19.3. The first-order valence-corrected chi connectivity index (χ1v) is 19.3. The second-order valence-corrected chi connectivity index (χ2v) is 15.7. The lowest BCUT2D eigenvalue weighted by molar-refractivity contribution is 0.551. The summed E-state index contributed by atoms with van der Waals surface area (Å²) in [6.07, 6.45) is 1.65. The van der Waals surface area contributed by atoms with E-state index in [4.69, 9.17) is 0 Å². The van der Waals surface area contributed by atoms with E-state index >= 15 is 0 Å². The van der Waals surface area contributed by atoms with Crippen molar-refractivity contribution in [2.24, 2.45) is 0 Å². The summed E-state index contributed by atoms with van der Waals surface area (Å²) in [4.78, 5) is 3.85. The molecule has 0 aliphatic rings. The molecular formula is C50H67F6N. The maximum absolute atomic E-state index is 13.3. The van der Waals surface area contributed by atoms with Gasteiger partial charge in [0.15, 0.2) is 0 Å². The Morgan fingerprint density at radius 1 is 0.386 bits per heavy atom. The molecule has 1 nitrogen and oxygen atoms in total. The van der Waals surface area contributed by atoms with Gasteiger partial charge in [-0.15, -0.1) is 0 Å². The first kappa shape index (κ1) is 52.6. The molecule has 0 spiro atoms. The molecule has 0 radical (unpaired) electrons. The summed E-state index contributed by atoms with van der Waals surface area (Å²) in [7, 11) is 0. The smallest absolute Gasteiger partial charge is 0.147 e. The monoisotopic (exact) mass is 796 g/mol. The molecule has 1 aromatic heterocycles. The van der Waals surface area contributed by atoms with E-state index in [1.54, 1.807) is 40.0 Å². The second kappa shape index (κ2) is 25.1. The molecule has 1 heterocycles. The highest BCUT2D eigenvalue weighted by atomic mass is 19.1. The number of aryl methyl sites for hydroxylation is 4. The molecule has 7 heteroatoms. The topological polar surface area (TPSA) is 12.9 Å². The van der Waals surface area contributed by atoms with E-state index in [1.807, 2.05) is 64.1 Å². The molecule has 0 bridgehead atoms. The number of hydrogen-bond acceptors (Lipinski definition) is 1. The van der Waals surface area contributed by atoms with Crippen molar-refractivity contribution in [3.8, 4) is 0 Å². The molecule has 0 aliphatic heterocycles. The lowest BCUT2D eigenvalue weighted by Gasteiger charge is -2.08. The molecule has 0 saturated carbocycles. The van der Waals surface area contributed by atoms with Crippen LogP contribution in [-0.4, -0.2) is 4.98 Å². The fourth-order valence-corrected chi connectivity index (χ4v) is 5.22. The van der Waals surface area contributed by atoms with Crippen LogP contribution in [0.3, 0.4) is 0 Å². The molecular weight excluding hydrogens is 729 g/mol. The van der Waals surface area contributed by atoms with Gasteiger partial charge in [0.1, 0.15) is 34.9 Å². The van der Waals surface area contributed by atoms with Gasteiger partial charge >= 0.3 is 0 Å². The van der Waals surface area contributed by atoms with Gasteiger partial charge < -0.3 is 0 Å². The Morgan fingerprint density at radius 2 is 0.702 bits per heavy atom. The first-order chi connectivity index (χ1) is 26.0. The minimum absolute atomic E-state index is 0. The molecule has 0 N–H and O–H groups in total. The van der Waals surface area contributed by atoms with E-state index in [2.05, 4.69) is 46.5 Å². The summed E-state index contributed by atoms with van der Waals surface area (Å²) in [5.41, 5.74) is 7.71. The van der Waals surface area contributed by atoms with Gasteiger partial charge in [0.25, 0.3) is 0 Å². The summed E-state index contributed by atoms with van der Waals surface area (Å²) in [6, 6.07) is 20.4. The minimum Gasteiger partial charge on any atom is -0.259 e. The quantitative estimate of drug-likeness (QED) is 0.162. The maximum Gasteiger partial charge on any atom is 0.147 e. The maximum atomic E-state index is 13.3. The zero-order chi connectivity index (χ0) is 43.0. The molecule has 4 aromatic carbocycles. The molecule has 314 valence electrons. The molecule has 57 heavy (non-hydrogen) atoms. The SMILES string of the molecule is C.Cc1c(F)ccc(C(C)C)c1F.Cc1cc(C(C)C)ccc1F.Cc1cc(C(C)C)ccc1F.Cc1cc(C(C)C)ccc1F.Cc1nccc(C(C)C)c1F. The fourth-order valence-electron chi connectivity index (χ4n) is 5.22. The van der Waals surface area contributed by atoms with Crippen molar-refractivity contribution < 1.29 is 26.3 Å². The standard InChI is InChI=1S/C10H12F2.3C10H13F.C9H12FN.CH4/c1-6(2)8-4-5-9(11)7(3)10(8)12;3*1-7(2)9-4-5-10(11)8(3)6-9;1-6(2)8-4-5-11-7(3)9(8)10;/h4-6H,1-3H3;3*4-7H,1-3H3;4-6H,1-3H3;1H4. The van der Waals surface area contributed by atoms with Crippen molar-refractivity contribution in [2.75, 3.05) is 0 Å². The summed E-state index contributed by atoms with van der Waals surface area (Å²) < 4.78 is 77.5. The lowest BCUT2D eigenvalue weighted by Crippen LogP contribution is -1.97. The number of benzene rings is 4. The van der Waals surface area contributed by atoms with Crippen LogP contribution in [0.15, 0.2) is 79.0 Å². The molecule has 0 aliphatic carbocycles. The molecule has 5 rings (SSSR count). The highest BCUT2D eigenvalue weighted by molar-refractivity contribution is 5.29. The third-order valence-electron chi connectivity index (χ3n) is 9.23. The number of nitrogens with zero attached hydrogens (tertiary/aromatic N) is 1. The molecule has 0 atom stereocenters. The Kier molecular flexibility index (Phi) is 23.1. The predicted octanol–water partition coefficient (Wildman–Crippen LogP) is 16.5. The molecule has 5 aromatic rings. The Balaban J connectivity index is 0.000000685. The molecule has 0 fully saturated rings. The Labute approximate surface area is 341 Å². The van der Waals surface area contributed by atoms with Gasteiger partial charge in [-0.05, 0) is 139 Å². The van der Waals surface area contributed by atoms with Gasteiger partial charge in [0.05, 0.1) is 5.69 Å². The fraction of sp³-hybridized carbons (Fsp3) is 0.420. The van der Waals surface area contributed by atoms with Gasteiger partial charge in [-0.1, -0.05) is 119 Å². The van der Waals surface area contributed by atoms with E-state index < -0.39 is 11.6 Å². The molecule has 0 amide bonds.